The standard InChI is InChI=1S/C17H19NO4/c1-20-17-11-2-3-18(17)8-10-4-15-16(22-9-21-15)7-13(10)14(17)6-12(19)5-11/h4-5,7,12,14,19H,2-3,6,8-9H2,1H3/t12-,14+,17-/m0/s1. The normalized spacial score (nSPS) is 35.1. The number of nitrogens with zero attached hydrogens (tertiary/aromatic N) is 1. The van der Waals surface area contributed by atoms with E-state index in [1.807, 2.05) is 6.08 Å². The van der Waals surface area contributed by atoms with Crippen LogP contribution in [0.1, 0.15) is 29.9 Å². The van der Waals surface area contributed by atoms with E-state index in [4.69, 9.17) is 14.2 Å². The van der Waals surface area contributed by atoms with Crippen LogP contribution in [0.2, 0.25) is 0 Å². The third kappa shape index (κ3) is 1.44. The predicted molar refractivity (Wildman–Crippen MR) is 78.8 cm³/mol. The van der Waals surface area contributed by atoms with Crippen LogP contribution in [0.15, 0.2) is 23.8 Å². The third-order valence-corrected chi connectivity index (χ3v) is 5.61. The summed E-state index contributed by atoms with van der Waals surface area (Å²) < 4.78 is 17.1. The molecular weight excluding hydrogens is 282 g/mol. The van der Waals surface area contributed by atoms with Crippen molar-refractivity contribution in [2.45, 2.75) is 37.1 Å². The van der Waals surface area contributed by atoms with Gasteiger partial charge in [0.25, 0.3) is 0 Å². The second-order valence-electron chi connectivity index (χ2n) is 6.52. The van der Waals surface area contributed by atoms with Crippen molar-refractivity contribution in [3.05, 3.63) is 34.9 Å². The fourth-order valence-electron chi connectivity index (χ4n) is 4.76. The summed E-state index contributed by atoms with van der Waals surface area (Å²) in [7, 11) is 1.79. The van der Waals surface area contributed by atoms with Gasteiger partial charge in [-0.25, -0.2) is 0 Å². The monoisotopic (exact) mass is 301 g/mol. The Kier molecular flexibility index (Phi) is 2.50. The van der Waals surface area contributed by atoms with E-state index in [1.165, 1.54) is 16.7 Å². The topological polar surface area (TPSA) is 51.2 Å². The molecule has 0 radical (unpaired) electrons. The van der Waals surface area contributed by atoms with Gasteiger partial charge in [-0.2, -0.15) is 0 Å². The molecule has 0 spiro atoms. The van der Waals surface area contributed by atoms with Gasteiger partial charge in [0.2, 0.25) is 6.79 Å². The smallest absolute Gasteiger partial charge is 0.231 e. The highest BCUT2D eigenvalue weighted by molar-refractivity contribution is 5.53. The number of rotatable bonds is 1. The van der Waals surface area contributed by atoms with Crippen molar-refractivity contribution in [2.75, 3.05) is 20.4 Å². The first-order chi connectivity index (χ1) is 10.7. The second kappa shape index (κ2) is 4.25. The number of aliphatic hydroxyl groups excluding tert-OH is 1. The molecule has 116 valence electrons. The van der Waals surface area contributed by atoms with E-state index in [9.17, 15) is 5.11 Å². The highest BCUT2D eigenvalue weighted by atomic mass is 16.7. The quantitative estimate of drug-likeness (QED) is 0.801. The van der Waals surface area contributed by atoms with Crippen LogP contribution in [0, 0.1) is 0 Å². The molecule has 0 bridgehead atoms. The van der Waals surface area contributed by atoms with Crippen LogP contribution >= 0.6 is 0 Å². The lowest BCUT2D eigenvalue weighted by molar-refractivity contribution is -0.128. The minimum atomic E-state index is -0.403. The number of methoxy groups -OCH3 is 1. The van der Waals surface area contributed by atoms with Crippen LogP contribution in [-0.2, 0) is 11.3 Å². The van der Waals surface area contributed by atoms with Crippen LogP contribution in [-0.4, -0.2) is 42.3 Å². The van der Waals surface area contributed by atoms with Crippen LogP contribution in [0.4, 0.5) is 0 Å². The molecule has 3 heterocycles. The minimum Gasteiger partial charge on any atom is -0.454 e. The maximum atomic E-state index is 10.3. The zero-order valence-corrected chi connectivity index (χ0v) is 12.5. The Morgan fingerprint density at radius 1 is 1.32 bits per heavy atom. The summed E-state index contributed by atoms with van der Waals surface area (Å²) in [6.45, 7) is 2.11. The van der Waals surface area contributed by atoms with Gasteiger partial charge < -0.3 is 19.3 Å². The molecule has 5 nitrogen and oxygen atoms in total. The molecule has 0 amide bonds. The first kappa shape index (κ1) is 12.9. The zero-order valence-electron chi connectivity index (χ0n) is 12.5. The summed E-state index contributed by atoms with van der Waals surface area (Å²) in [4.78, 5) is 2.40. The predicted octanol–water partition coefficient (Wildman–Crippen LogP) is 1.75. The zero-order chi connectivity index (χ0) is 14.9. The molecule has 0 aromatic heterocycles. The van der Waals surface area contributed by atoms with Gasteiger partial charge in [0.1, 0.15) is 0 Å². The number of fused-ring (bicyclic) bond motifs is 3. The van der Waals surface area contributed by atoms with Gasteiger partial charge in [-0.15, -0.1) is 0 Å². The molecule has 1 saturated heterocycles. The fraction of sp³-hybridized carbons (Fsp3) is 0.529. The number of aliphatic hydroxyl groups is 1. The van der Waals surface area contributed by atoms with E-state index in [2.05, 4.69) is 17.0 Å². The average Bonchev–Trinajstić information content (AvgIpc) is 3.10. The number of benzene rings is 1. The summed E-state index contributed by atoms with van der Waals surface area (Å²) in [5, 5.41) is 10.3. The summed E-state index contributed by atoms with van der Waals surface area (Å²) in [6.07, 6.45) is 3.24. The van der Waals surface area contributed by atoms with Gasteiger partial charge in [-0.3, -0.25) is 4.90 Å². The molecule has 5 heteroatoms. The highest BCUT2D eigenvalue weighted by Crippen LogP contribution is 2.56. The van der Waals surface area contributed by atoms with E-state index >= 15 is 0 Å². The van der Waals surface area contributed by atoms with Gasteiger partial charge in [0, 0.05) is 26.1 Å². The van der Waals surface area contributed by atoms with Gasteiger partial charge in [-0.1, -0.05) is 6.08 Å². The Hall–Kier alpha value is -1.56. The molecule has 5 rings (SSSR count). The number of ether oxygens (including phenoxy) is 3. The minimum absolute atomic E-state index is 0.133. The van der Waals surface area contributed by atoms with Gasteiger partial charge in [-0.05, 0) is 41.7 Å². The molecule has 0 unspecified atom stereocenters. The lowest BCUT2D eigenvalue weighted by Crippen LogP contribution is -2.56. The van der Waals surface area contributed by atoms with Crippen molar-refractivity contribution in [3.8, 4) is 11.5 Å². The lowest BCUT2D eigenvalue weighted by Gasteiger charge is -2.50. The first-order valence-electron chi connectivity index (χ1n) is 7.84. The van der Waals surface area contributed by atoms with Gasteiger partial charge in [0.05, 0.1) is 6.10 Å². The SMILES string of the molecule is CO[C@@]12C3=C[C@H](O)C[C@@H]1c1cc4c(cc1CN2CC3)OCO4. The fourth-order valence-corrected chi connectivity index (χ4v) is 4.76. The van der Waals surface area contributed by atoms with Crippen LogP contribution < -0.4 is 9.47 Å². The van der Waals surface area contributed by atoms with E-state index in [-0.39, 0.29) is 18.4 Å². The Morgan fingerprint density at radius 2 is 2.14 bits per heavy atom. The molecule has 1 N–H and O–H groups in total. The average molecular weight is 301 g/mol. The molecule has 3 atom stereocenters. The van der Waals surface area contributed by atoms with E-state index < -0.39 is 6.10 Å². The second-order valence-corrected chi connectivity index (χ2v) is 6.52. The van der Waals surface area contributed by atoms with Crippen molar-refractivity contribution >= 4 is 0 Å². The molecule has 1 aromatic carbocycles. The molecule has 1 fully saturated rings. The van der Waals surface area contributed by atoms with Crippen molar-refractivity contribution in [2.24, 2.45) is 0 Å². The number of hydrogen-bond donors (Lipinski definition) is 1. The van der Waals surface area contributed by atoms with Crippen molar-refractivity contribution in [1.29, 1.82) is 0 Å². The van der Waals surface area contributed by atoms with Crippen molar-refractivity contribution in [3.63, 3.8) is 0 Å². The molecule has 4 aliphatic rings. The highest BCUT2D eigenvalue weighted by Gasteiger charge is 2.56. The van der Waals surface area contributed by atoms with Crippen LogP contribution in [0.5, 0.6) is 11.5 Å². The largest absolute Gasteiger partial charge is 0.454 e. The van der Waals surface area contributed by atoms with E-state index in [0.29, 0.717) is 6.42 Å². The molecule has 1 aromatic rings. The van der Waals surface area contributed by atoms with Gasteiger partial charge in [0.15, 0.2) is 17.2 Å². The number of hydrogen-bond acceptors (Lipinski definition) is 5. The Bertz CT molecular complexity index is 685. The molecule has 0 saturated carbocycles. The van der Waals surface area contributed by atoms with Crippen LogP contribution in [0.3, 0.4) is 0 Å². The first-order valence-corrected chi connectivity index (χ1v) is 7.84. The Labute approximate surface area is 129 Å². The van der Waals surface area contributed by atoms with Crippen LogP contribution in [0.25, 0.3) is 0 Å². The van der Waals surface area contributed by atoms with Crippen molar-refractivity contribution < 1.29 is 19.3 Å². The Morgan fingerprint density at radius 3 is 2.95 bits per heavy atom. The third-order valence-electron chi connectivity index (χ3n) is 5.61. The molecule has 3 aliphatic heterocycles. The van der Waals surface area contributed by atoms with Gasteiger partial charge >= 0.3 is 0 Å². The Balaban J connectivity index is 1.72. The maximum absolute atomic E-state index is 10.3. The molecule has 22 heavy (non-hydrogen) atoms. The molecule has 1 aliphatic carbocycles. The summed E-state index contributed by atoms with van der Waals surface area (Å²) >= 11 is 0. The summed E-state index contributed by atoms with van der Waals surface area (Å²) in [6, 6.07) is 4.19. The maximum Gasteiger partial charge on any atom is 0.231 e. The van der Waals surface area contributed by atoms with E-state index in [1.54, 1.807) is 7.11 Å². The van der Waals surface area contributed by atoms with E-state index in [0.717, 1.165) is 31.0 Å². The summed E-state index contributed by atoms with van der Waals surface area (Å²) in [5.41, 5.74) is 3.33. The van der Waals surface area contributed by atoms with Crippen molar-refractivity contribution in [1.82, 2.24) is 4.90 Å². The molecular formula is C17H19NO4. The summed E-state index contributed by atoms with van der Waals surface area (Å²) in [5.74, 6) is 1.77. The lowest BCUT2D eigenvalue weighted by atomic mass is 9.72.